The van der Waals surface area contributed by atoms with Crippen LogP contribution in [0.5, 0.6) is 0 Å². The van der Waals surface area contributed by atoms with Crippen molar-refractivity contribution in [1.29, 1.82) is 5.26 Å². The number of benzene rings is 2. The number of nitriles is 1. The van der Waals surface area contributed by atoms with E-state index in [1.54, 1.807) is 24.3 Å². The topological polar surface area (TPSA) is 64.9 Å². The largest absolute Gasteiger partial charge is 0.337 e. The molecule has 0 aliphatic heterocycles. The van der Waals surface area contributed by atoms with E-state index in [9.17, 15) is 4.79 Å². The molecular formula is C19H19N3O. The second-order valence-corrected chi connectivity index (χ2v) is 5.96. The highest BCUT2D eigenvalue weighted by atomic mass is 16.2. The first kappa shape index (κ1) is 15.1. The highest BCUT2D eigenvalue weighted by Gasteiger charge is 2.38. The van der Waals surface area contributed by atoms with Crippen LogP contribution in [-0.4, -0.2) is 12.6 Å². The maximum Gasteiger partial charge on any atom is 0.319 e. The quantitative estimate of drug-likeness (QED) is 0.902. The van der Waals surface area contributed by atoms with E-state index in [4.69, 9.17) is 5.26 Å². The van der Waals surface area contributed by atoms with Crippen LogP contribution in [0, 0.1) is 11.3 Å². The van der Waals surface area contributed by atoms with Crippen LogP contribution in [0.2, 0.25) is 0 Å². The summed E-state index contributed by atoms with van der Waals surface area (Å²) in [6, 6.07) is 19.2. The molecule has 0 heterocycles. The third-order valence-electron chi connectivity index (χ3n) is 4.58. The van der Waals surface area contributed by atoms with Crippen LogP contribution < -0.4 is 10.6 Å². The summed E-state index contributed by atoms with van der Waals surface area (Å²) in [4.78, 5) is 12.2. The summed E-state index contributed by atoms with van der Waals surface area (Å²) in [7, 11) is 0. The molecule has 1 aliphatic carbocycles. The number of hydrogen-bond donors (Lipinski definition) is 2. The molecule has 0 saturated heterocycles. The molecule has 4 heteroatoms. The third kappa shape index (κ3) is 3.19. The van der Waals surface area contributed by atoms with Crippen molar-refractivity contribution >= 4 is 11.7 Å². The molecule has 116 valence electrons. The van der Waals surface area contributed by atoms with Gasteiger partial charge in [0.25, 0.3) is 0 Å². The Balaban J connectivity index is 1.64. The van der Waals surface area contributed by atoms with Gasteiger partial charge in [-0.1, -0.05) is 48.9 Å². The maximum absolute atomic E-state index is 12.2. The Morgan fingerprint density at radius 2 is 1.78 bits per heavy atom. The van der Waals surface area contributed by atoms with Crippen LogP contribution in [0.1, 0.15) is 30.4 Å². The summed E-state index contributed by atoms with van der Waals surface area (Å²) < 4.78 is 0. The lowest BCUT2D eigenvalue weighted by atomic mass is 9.64. The van der Waals surface area contributed by atoms with Gasteiger partial charge in [-0.2, -0.15) is 5.26 Å². The normalized spacial score (nSPS) is 15.1. The highest BCUT2D eigenvalue weighted by molar-refractivity contribution is 5.90. The van der Waals surface area contributed by atoms with Gasteiger partial charge >= 0.3 is 6.03 Å². The van der Waals surface area contributed by atoms with E-state index >= 15 is 0 Å². The summed E-state index contributed by atoms with van der Waals surface area (Å²) in [6.45, 7) is 0.609. The minimum atomic E-state index is -0.269. The first-order valence-electron chi connectivity index (χ1n) is 7.83. The molecule has 0 spiro atoms. The Labute approximate surface area is 136 Å². The van der Waals surface area contributed by atoms with Crippen molar-refractivity contribution in [3.8, 4) is 6.07 Å². The Bertz CT molecular complexity index is 730. The zero-order valence-electron chi connectivity index (χ0n) is 12.9. The van der Waals surface area contributed by atoms with E-state index in [0.29, 0.717) is 17.8 Å². The van der Waals surface area contributed by atoms with E-state index < -0.39 is 0 Å². The fourth-order valence-electron chi connectivity index (χ4n) is 3.07. The Morgan fingerprint density at radius 1 is 1.09 bits per heavy atom. The summed E-state index contributed by atoms with van der Waals surface area (Å²) in [5.41, 5.74) is 2.33. The van der Waals surface area contributed by atoms with Crippen molar-refractivity contribution in [3.63, 3.8) is 0 Å². The SMILES string of the molecule is N#Cc1ccccc1NC(=O)NCC1(c2ccccc2)CCC1. The molecule has 4 nitrogen and oxygen atoms in total. The van der Waals surface area contributed by atoms with Crippen LogP contribution in [0.3, 0.4) is 0 Å². The molecule has 2 N–H and O–H groups in total. The number of nitrogens with one attached hydrogen (secondary N) is 2. The van der Waals surface area contributed by atoms with Gasteiger partial charge in [-0.05, 0) is 30.5 Å². The van der Waals surface area contributed by atoms with Gasteiger partial charge in [0.2, 0.25) is 0 Å². The molecule has 3 rings (SSSR count). The molecular weight excluding hydrogens is 286 g/mol. The standard InChI is InChI=1S/C19H19N3O/c20-13-15-7-4-5-10-17(15)22-18(23)21-14-19(11-6-12-19)16-8-2-1-3-9-16/h1-5,7-10H,6,11-12,14H2,(H2,21,22,23). The predicted molar refractivity (Wildman–Crippen MR) is 90.1 cm³/mol. The zero-order chi connectivity index (χ0) is 16.1. The van der Waals surface area contributed by atoms with E-state index in [2.05, 4.69) is 28.8 Å². The van der Waals surface area contributed by atoms with Gasteiger partial charge < -0.3 is 10.6 Å². The summed E-state index contributed by atoms with van der Waals surface area (Å²) in [6.07, 6.45) is 3.37. The fraction of sp³-hybridized carbons (Fsp3) is 0.263. The van der Waals surface area contributed by atoms with Gasteiger partial charge in [0, 0.05) is 12.0 Å². The van der Waals surface area contributed by atoms with Crippen molar-refractivity contribution in [2.24, 2.45) is 0 Å². The lowest BCUT2D eigenvalue weighted by Gasteiger charge is -2.42. The number of para-hydroxylation sites is 1. The number of amides is 2. The average Bonchev–Trinajstić information content (AvgIpc) is 2.55. The van der Waals surface area contributed by atoms with Gasteiger partial charge in [-0.15, -0.1) is 0 Å². The molecule has 0 aromatic heterocycles. The summed E-state index contributed by atoms with van der Waals surface area (Å²) in [5, 5.41) is 14.8. The lowest BCUT2D eigenvalue weighted by molar-refractivity contribution is 0.222. The fourth-order valence-corrected chi connectivity index (χ4v) is 3.07. The van der Waals surface area contributed by atoms with Crippen LogP contribution in [0.4, 0.5) is 10.5 Å². The van der Waals surface area contributed by atoms with Crippen molar-refractivity contribution in [3.05, 3.63) is 65.7 Å². The molecule has 2 aromatic carbocycles. The summed E-state index contributed by atoms with van der Waals surface area (Å²) in [5.74, 6) is 0. The Hall–Kier alpha value is -2.80. The molecule has 2 aromatic rings. The number of carbonyl (C=O) groups excluding carboxylic acids is 1. The van der Waals surface area contributed by atoms with Gasteiger partial charge in [-0.3, -0.25) is 0 Å². The minimum Gasteiger partial charge on any atom is -0.337 e. The van der Waals surface area contributed by atoms with Gasteiger partial charge in [-0.25, -0.2) is 4.79 Å². The monoisotopic (exact) mass is 305 g/mol. The molecule has 0 bridgehead atoms. The van der Waals surface area contributed by atoms with Crippen molar-refractivity contribution in [2.45, 2.75) is 24.7 Å². The molecule has 23 heavy (non-hydrogen) atoms. The van der Waals surface area contributed by atoms with Crippen LogP contribution >= 0.6 is 0 Å². The first-order chi connectivity index (χ1) is 11.2. The van der Waals surface area contributed by atoms with E-state index in [1.807, 2.05) is 18.2 Å². The average molecular weight is 305 g/mol. The number of rotatable bonds is 4. The van der Waals surface area contributed by atoms with E-state index in [0.717, 1.165) is 12.8 Å². The van der Waals surface area contributed by atoms with Crippen LogP contribution in [0.25, 0.3) is 0 Å². The van der Waals surface area contributed by atoms with Gasteiger partial charge in [0.1, 0.15) is 6.07 Å². The van der Waals surface area contributed by atoms with Crippen LogP contribution in [0.15, 0.2) is 54.6 Å². The molecule has 1 aliphatic rings. The lowest BCUT2D eigenvalue weighted by Crippen LogP contribution is -2.46. The second-order valence-electron chi connectivity index (χ2n) is 5.96. The molecule has 2 amide bonds. The number of nitrogens with zero attached hydrogens (tertiary/aromatic N) is 1. The second kappa shape index (κ2) is 6.53. The number of carbonyl (C=O) groups is 1. The number of anilines is 1. The van der Waals surface area contributed by atoms with Crippen LogP contribution in [-0.2, 0) is 5.41 Å². The number of hydrogen-bond acceptors (Lipinski definition) is 2. The molecule has 1 fully saturated rings. The van der Waals surface area contributed by atoms with Gasteiger partial charge in [0.15, 0.2) is 0 Å². The van der Waals surface area contributed by atoms with E-state index in [-0.39, 0.29) is 11.4 Å². The van der Waals surface area contributed by atoms with Crippen molar-refractivity contribution < 1.29 is 4.79 Å². The molecule has 0 unspecified atom stereocenters. The zero-order valence-corrected chi connectivity index (χ0v) is 12.9. The minimum absolute atomic E-state index is 0.0490. The highest BCUT2D eigenvalue weighted by Crippen LogP contribution is 2.43. The molecule has 0 atom stereocenters. The molecule has 1 saturated carbocycles. The number of urea groups is 1. The summed E-state index contributed by atoms with van der Waals surface area (Å²) >= 11 is 0. The smallest absolute Gasteiger partial charge is 0.319 e. The Morgan fingerprint density at radius 3 is 2.43 bits per heavy atom. The molecule has 0 radical (unpaired) electrons. The maximum atomic E-state index is 12.2. The Kier molecular flexibility index (Phi) is 4.29. The van der Waals surface area contributed by atoms with Crippen molar-refractivity contribution in [1.82, 2.24) is 5.32 Å². The predicted octanol–water partition coefficient (Wildman–Crippen LogP) is 3.80. The van der Waals surface area contributed by atoms with Crippen molar-refractivity contribution in [2.75, 3.05) is 11.9 Å². The van der Waals surface area contributed by atoms with Gasteiger partial charge in [0.05, 0.1) is 11.3 Å². The third-order valence-corrected chi connectivity index (χ3v) is 4.58. The first-order valence-corrected chi connectivity index (χ1v) is 7.83. The van der Waals surface area contributed by atoms with E-state index in [1.165, 1.54) is 12.0 Å².